The standard InChI is InChI=1S/C2H5NO.2C2H3O2.Mn/c3-1-2-4;2*1-2(3)4;/h4H,1-2H2;2*1H2,(H,3,4);. The molecule has 0 unspecified atom stereocenters. The van der Waals surface area contributed by atoms with Gasteiger partial charge in [-0.2, -0.15) is 0 Å². The number of carboxylic acid groups (broad SMARTS) is 2. The minimum absolute atomic E-state index is 0.121. The van der Waals surface area contributed by atoms with Crippen molar-refractivity contribution in [2.24, 2.45) is 3.96 Å². The van der Waals surface area contributed by atoms with Crippen LogP contribution in [0.1, 0.15) is 0 Å². The fourth-order valence-electron chi connectivity index (χ4n) is 0.553. The van der Waals surface area contributed by atoms with E-state index in [1.807, 2.05) is 0 Å². The van der Waals surface area contributed by atoms with Gasteiger partial charge in [-0.1, -0.05) is 0 Å². The summed E-state index contributed by atoms with van der Waals surface area (Å²) in [7, 11) is 0. The van der Waals surface area contributed by atoms with Crippen molar-refractivity contribution < 1.29 is 38.6 Å². The number of carbonyl (C=O) groups is 2. The van der Waals surface area contributed by atoms with E-state index in [4.69, 9.17) is 15.3 Å². The zero-order valence-electron chi connectivity index (χ0n) is 6.81. The Kier molecular flexibility index (Phi) is 6.30. The van der Waals surface area contributed by atoms with Gasteiger partial charge < -0.3 is 0 Å². The van der Waals surface area contributed by atoms with Gasteiger partial charge in [-0.05, 0) is 0 Å². The van der Waals surface area contributed by atoms with Crippen molar-refractivity contribution in [3.05, 3.63) is 0 Å². The summed E-state index contributed by atoms with van der Waals surface area (Å²) in [6, 6.07) is 0. The predicted octanol–water partition coefficient (Wildman–Crippen LogP) is -0.214. The summed E-state index contributed by atoms with van der Waals surface area (Å²) in [5, 5.41) is 24.8. The van der Waals surface area contributed by atoms with E-state index in [1.165, 1.54) is 0 Å². The van der Waals surface area contributed by atoms with E-state index in [-0.39, 0.29) is 23.8 Å². The van der Waals surface area contributed by atoms with Crippen LogP contribution in [0.25, 0.3) is 0 Å². The molecule has 0 rings (SSSR count). The second-order valence-electron chi connectivity index (χ2n) is 2.05. The Balaban J connectivity index is 4.17. The maximum absolute atomic E-state index is 10.3. The van der Waals surface area contributed by atoms with Gasteiger partial charge in [-0.3, -0.25) is 0 Å². The normalized spacial score (nSPS) is 10.0. The topological polar surface area (TPSA) is 107 Å². The molecular weight excluding hydrogens is 221 g/mol. The molecule has 0 aromatic rings. The van der Waals surface area contributed by atoms with Crippen LogP contribution in [-0.4, -0.2) is 40.4 Å². The van der Waals surface area contributed by atoms with Crippen LogP contribution in [0.2, 0.25) is 10.6 Å². The second kappa shape index (κ2) is 6.71. The number of aliphatic hydroxyl groups is 1. The van der Waals surface area contributed by atoms with Crippen LogP contribution >= 0.6 is 0 Å². The van der Waals surface area contributed by atoms with E-state index >= 15 is 0 Å². The fraction of sp³-hybridized carbons (Fsp3) is 0.667. The van der Waals surface area contributed by atoms with Gasteiger partial charge in [-0.25, -0.2) is 0 Å². The number of nitrogens with zero attached hydrogens (tertiary/aromatic N) is 1. The van der Waals surface area contributed by atoms with Crippen LogP contribution in [0.3, 0.4) is 0 Å². The third-order valence-corrected chi connectivity index (χ3v) is 3.36. The first kappa shape index (κ1) is 12.2. The molecule has 0 spiro atoms. The summed E-state index contributed by atoms with van der Waals surface area (Å²) < 4.78 is 3.82. The molecule has 0 amide bonds. The SMILES string of the molecule is O=C(O)[CH2][Mn]([CH2]C(=O)O)=[N]CCO. The van der Waals surface area contributed by atoms with E-state index in [1.54, 1.807) is 0 Å². The Morgan fingerprint density at radius 1 is 1.15 bits per heavy atom. The molecule has 13 heavy (non-hydrogen) atoms. The average Bonchev–Trinajstić information content (AvgIpc) is 1.98. The number of aliphatic carboxylic acids is 2. The molecule has 0 bridgehead atoms. The molecular formula is C6H11MnNO5. The van der Waals surface area contributed by atoms with E-state index in [0.29, 0.717) is 0 Å². The van der Waals surface area contributed by atoms with Gasteiger partial charge in [0.05, 0.1) is 0 Å². The first-order chi connectivity index (χ1) is 6.06. The fourth-order valence-corrected chi connectivity index (χ4v) is 2.28. The van der Waals surface area contributed by atoms with Gasteiger partial charge in [0.2, 0.25) is 0 Å². The van der Waals surface area contributed by atoms with Crippen LogP contribution < -0.4 is 0 Å². The molecule has 0 aromatic carbocycles. The second-order valence-corrected chi connectivity index (χ2v) is 4.59. The minimum atomic E-state index is -1.76. The Hall–Kier alpha value is -0.781. The van der Waals surface area contributed by atoms with E-state index < -0.39 is 25.6 Å². The van der Waals surface area contributed by atoms with Crippen molar-refractivity contribution in [3.8, 4) is 0 Å². The van der Waals surface area contributed by atoms with Gasteiger partial charge in [0.1, 0.15) is 0 Å². The van der Waals surface area contributed by atoms with Gasteiger partial charge in [-0.15, -0.1) is 0 Å². The summed E-state index contributed by atoms with van der Waals surface area (Å²) in [5.41, 5.74) is 0. The molecule has 0 aliphatic rings. The monoisotopic (exact) mass is 232 g/mol. The van der Waals surface area contributed by atoms with Crippen molar-refractivity contribution in [2.75, 3.05) is 13.2 Å². The summed E-state index contributed by atoms with van der Waals surface area (Å²) in [6.07, 6.45) is 0. The number of aliphatic hydroxyl groups excluding tert-OH is 1. The number of rotatable bonds is 6. The van der Waals surface area contributed by atoms with Crippen molar-refractivity contribution in [2.45, 2.75) is 10.6 Å². The molecule has 6 nitrogen and oxygen atoms in total. The quantitative estimate of drug-likeness (QED) is 0.549. The van der Waals surface area contributed by atoms with E-state index in [0.717, 1.165) is 0 Å². The van der Waals surface area contributed by atoms with Crippen LogP contribution in [-0.2, 0) is 23.3 Å². The van der Waals surface area contributed by atoms with Crippen molar-refractivity contribution in [3.63, 3.8) is 0 Å². The number of hydrogen-bond donors (Lipinski definition) is 3. The van der Waals surface area contributed by atoms with Crippen LogP contribution in [0.15, 0.2) is 3.96 Å². The summed E-state index contributed by atoms with van der Waals surface area (Å²) in [6.45, 7) is -0.0517. The maximum atomic E-state index is 10.3. The third kappa shape index (κ3) is 7.58. The molecule has 0 saturated heterocycles. The first-order valence-electron chi connectivity index (χ1n) is 3.40. The number of carboxylic acids is 2. The molecule has 0 saturated carbocycles. The summed E-state index contributed by atoms with van der Waals surface area (Å²) in [5.74, 6) is -2.09. The Bertz CT molecular complexity index is 209. The molecule has 0 radical (unpaired) electrons. The third-order valence-electron chi connectivity index (χ3n) is 0.891. The van der Waals surface area contributed by atoms with E-state index in [9.17, 15) is 9.59 Å². The van der Waals surface area contributed by atoms with Gasteiger partial charge in [0.15, 0.2) is 0 Å². The van der Waals surface area contributed by atoms with E-state index in [2.05, 4.69) is 3.96 Å². The molecule has 0 aliphatic heterocycles. The molecule has 0 atom stereocenters. The van der Waals surface area contributed by atoms with Gasteiger partial charge >= 0.3 is 78.3 Å². The van der Waals surface area contributed by atoms with Crippen LogP contribution in [0.5, 0.6) is 0 Å². The molecule has 0 aromatic heterocycles. The zero-order valence-corrected chi connectivity index (χ0v) is 7.99. The molecule has 0 heterocycles. The molecule has 77 valence electrons. The number of hydrogen-bond acceptors (Lipinski definition) is 4. The Labute approximate surface area is 78.9 Å². The van der Waals surface area contributed by atoms with Gasteiger partial charge in [0, 0.05) is 0 Å². The molecule has 0 aliphatic carbocycles. The zero-order chi connectivity index (χ0) is 10.3. The summed E-state index contributed by atoms with van der Waals surface area (Å²) in [4.78, 5) is 20.5. The molecule has 3 N–H and O–H groups in total. The van der Waals surface area contributed by atoms with Gasteiger partial charge in [0.25, 0.3) is 0 Å². The summed E-state index contributed by atoms with van der Waals surface area (Å²) >= 11 is -1.76. The predicted molar refractivity (Wildman–Crippen MR) is 39.3 cm³/mol. The Morgan fingerprint density at radius 2 is 1.62 bits per heavy atom. The Morgan fingerprint density at radius 3 is 1.92 bits per heavy atom. The van der Waals surface area contributed by atoms with Crippen molar-refractivity contribution in [1.29, 1.82) is 0 Å². The first-order valence-corrected chi connectivity index (χ1v) is 5.60. The van der Waals surface area contributed by atoms with Crippen molar-refractivity contribution >= 4 is 11.9 Å². The molecule has 7 heteroatoms. The van der Waals surface area contributed by atoms with Crippen LogP contribution in [0, 0.1) is 0 Å². The van der Waals surface area contributed by atoms with Crippen molar-refractivity contribution in [1.82, 2.24) is 0 Å². The molecule has 0 fully saturated rings. The van der Waals surface area contributed by atoms with Crippen LogP contribution in [0.4, 0.5) is 0 Å². The average molecular weight is 232 g/mol.